The van der Waals surface area contributed by atoms with Gasteiger partial charge in [0.15, 0.2) is 0 Å². The van der Waals surface area contributed by atoms with Crippen LogP contribution in [-0.4, -0.2) is 62.8 Å². The molecule has 2 aromatic carbocycles. The zero-order valence-electron chi connectivity index (χ0n) is 20.3. The number of sulfonamides is 1. The Kier molecular flexibility index (Phi) is 9.59. The fraction of sp³-hybridized carbons (Fsp3) is 0.440. The molecule has 1 aliphatic heterocycles. The molecule has 3 rings (SSSR count). The number of amides is 2. The van der Waals surface area contributed by atoms with Gasteiger partial charge < -0.3 is 15.4 Å². The summed E-state index contributed by atoms with van der Waals surface area (Å²) in [4.78, 5) is 26.2. The van der Waals surface area contributed by atoms with Crippen molar-refractivity contribution in [2.75, 3.05) is 37.5 Å². The molecular formula is C25H33N3O5S2. The monoisotopic (exact) mass is 519 g/mol. The van der Waals surface area contributed by atoms with Crippen LogP contribution in [-0.2, 0) is 19.6 Å². The summed E-state index contributed by atoms with van der Waals surface area (Å²) in [6.45, 7) is 2.44. The lowest BCUT2D eigenvalue weighted by atomic mass is 9.96. The van der Waals surface area contributed by atoms with Crippen molar-refractivity contribution in [3.63, 3.8) is 0 Å². The van der Waals surface area contributed by atoms with Crippen molar-refractivity contribution in [1.82, 2.24) is 9.62 Å². The number of ether oxygens (including phenoxy) is 1. The average Bonchev–Trinajstić information content (AvgIpc) is 2.87. The fourth-order valence-corrected chi connectivity index (χ4v) is 5.86. The Labute approximate surface area is 211 Å². The number of anilines is 1. The number of methoxy groups -OCH3 is 1. The molecule has 0 spiro atoms. The lowest BCUT2D eigenvalue weighted by molar-refractivity contribution is -0.130. The van der Waals surface area contributed by atoms with Gasteiger partial charge in [0.05, 0.1) is 12.0 Å². The lowest BCUT2D eigenvalue weighted by Crippen LogP contribution is -2.49. The van der Waals surface area contributed by atoms with Crippen molar-refractivity contribution < 1.29 is 22.7 Å². The topological polar surface area (TPSA) is 105 Å². The second-order valence-electron chi connectivity index (χ2n) is 8.55. The number of piperidine rings is 1. The van der Waals surface area contributed by atoms with E-state index in [9.17, 15) is 18.0 Å². The van der Waals surface area contributed by atoms with E-state index in [-0.39, 0.29) is 35.7 Å². The third-order valence-electron chi connectivity index (χ3n) is 6.08. The molecule has 190 valence electrons. The summed E-state index contributed by atoms with van der Waals surface area (Å²) in [5.74, 6) is 0.565. The Morgan fingerprint density at radius 3 is 2.29 bits per heavy atom. The van der Waals surface area contributed by atoms with Crippen LogP contribution >= 0.6 is 11.8 Å². The molecule has 10 heteroatoms. The van der Waals surface area contributed by atoms with Crippen molar-refractivity contribution in [1.29, 1.82) is 0 Å². The molecule has 2 N–H and O–H groups in total. The highest BCUT2D eigenvalue weighted by molar-refractivity contribution is 7.98. The molecule has 0 aromatic heterocycles. The summed E-state index contributed by atoms with van der Waals surface area (Å²) < 4.78 is 32.4. The number of hydrogen-bond acceptors (Lipinski definition) is 6. The van der Waals surface area contributed by atoms with Gasteiger partial charge in [0.25, 0.3) is 0 Å². The van der Waals surface area contributed by atoms with Gasteiger partial charge in [-0.3, -0.25) is 9.59 Å². The Bertz CT molecular complexity index is 1100. The number of hydrogen-bond donors (Lipinski definition) is 2. The van der Waals surface area contributed by atoms with Crippen LogP contribution < -0.4 is 15.4 Å². The molecule has 0 unspecified atom stereocenters. The normalized spacial score (nSPS) is 15.9. The quantitative estimate of drug-likeness (QED) is 0.499. The summed E-state index contributed by atoms with van der Waals surface area (Å²) in [6, 6.07) is 13.1. The van der Waals surface area contributed by atoms with E-state index in [4.69, 9.17) is 4.74 Å². The highest BCUT2D eigenvalue weighted by atomic mass is 32.2. The summed E-state index contributed by atoms with van der Waals surface area (Å²) >= 11 is 1.60. The minimum absolute atomic E-state index is 0.214. The predicted molar refractivity (Wildman–Crippen MR) is 139 cm³/mol. The molecule has 2 aromatic rings. The van der Waals surface area contributed by atoms with Crippen LogP contribution in [0.25, 0.3) is 0 Å². The zero-order chi connectivity index (χ0) is 25.4. The van der Waals surface area contributed by atoms with Crippen LogP contribution in [0.4, 0.5) is 5.69 Å². The number of nitrogens with zero attached hydrogens (tertiary/aromatic N) is 1. The lowest BCUT2D eigenvalue weighted by Gasteiger charge is -2.31. The molecule has 0 saturated carbocycles. The third-order valence-corrected chi connectivity index (χ3v) is 8.64. The van der Waals surface area contributed by atoms with E-state index in [0.29, 0.717) is 36.5 Å². The Hall–Kier alpha value is -2.56. The average molecular weight is 520 g/mol. The van der Waals surface area contributed by atoms with E-state index in [1.807, 2.05) is 13.2 Å². The molecule has 2 amide bonds. The van der Waals surface area contributed by atoms with Crippen molar-refractivity contribution in [3.05, 3.63) is 54.1 Å². The predicted octanol–water partition coefficient (Wildman–Crippen LogP) is 3.28. The largest absolute Gasteiger partial charge is 0.497 e. The van der Waals surface area contributed by atoms with Crippen LogP contribution in [0.2, 0.25) is 0 Å². The number of benzene rings is 2. The van der Waals surface area contributed by atoms with Gasteiger partial charge in [0, 0.05) is 24.7 Å². The Balaban J connectivity index is 1.58. The Morgan fingerprint density at radius 1 is 1.09 bits per heavy atom. The molecule has 1 heterocycles. The summed E-state index contributed by atoms with van der Waals surface area (Å²) in [5.41, 5.74) is 1.61. The smallest absolute Gasteiger partial charge is 0.246 e. The van der Waals surface area contributed by atoms with E-state index in [1.54, 1.807) is 67.4 Å². The Morgan fingerprint density at radius 2 is 1.71 bits per heavy atom. The van der Waals surface area contributed by atoms with E-state index >= 15 is 0 Å². The fourth-order valence-electron chi connectivity index (χ4n) is 3.92. The maximum atomic E-state index is 13.0. The van der Waals surface area contributed by atoms with Crippen LogP contribution in [0.3, 0.4) is 0 Å². The standard InChI is InChI=1S/C25H33N3O5S2/c1-18-4-10-22(11-5-18)35(31,32)28-15-12-19(13-16-28)24(29)27-23(14-17-34-3)25(30)26-20-6-8-21(33-2)9-7-20/h4-11,19,23H,12-17H2,1-3H3,(H,26,30)(H,27,29)/t23-/m0/s1. The van der Waals surface area contributed by atoms with Gasteiger partial charge in [-0.1, -0.05) is 17.7 Å². The first-order valence-corrected chi connectivity index (χ1v) is 14.4. The number of thioether (sulfide) groups is 1. The molecule has 8 nitrogen and oxygen atoms in total. The maximum Gasteiger partial charge on any atom is 0.246 e. The van der Waals surface area contributed by atoms with Crippen molar-refractivity contribution in [3.8, 4) is 5.75 Å². The van der Waals surface area contributed by atoms with Crippen LogP contribution in [0.1, 0.15) is 24.8 Å². The summed E-state index contributed by atoms with van der Waals surface area (Å²) in [6.07, 6.45) is 3.26. The summed E-state index contributed by atoms with van der Waals surface area (Å²) in [5, 5.41) is 5.75. The number of aryl methyl sites for hydroxylation is 1. The first-order valence-electron chi connectivity index (χ1n) is 11.6. The van der Waals surface area contributed by atoms with E-state index in [2.05, 4.69) is 10.6 Å². The van der Waals surface area contributed by atoms with Gasteiger partial charge in [-0.2, -0.15) is 16.1 Å². The molecule has 1 aliphatic rings. The van der Waals surface area contributed by atoms with Gasteiger partial charge in [-0.25, -0.2) is 8.42 Å². The molecule has 1 atom stereocenters. The van der Waals surface area contributed by atoms with Gasteiger partial charge in [0.1, 0.15) is 11.8 Å². The van der Waals surface area contributed by atoms with Gasteiger partial charge in [-0.15, -0.1) is 0 Å². The minimum Gasteiger partial charge on any atom is -0.497 e. The van der Waals surface area contributed by atoms with Crippen molar-refractivity contribution in [2.24, 2.45) is 5.92 Å². The highest BCUT2D eigenvalue weighted by Gasteiger charge is 2.33. The van der Waals surface area contributed by atoms with Crippen LogP contribution in [0.5, 0.6) is 5.75 Å². The molecule has 1 fully saturated rings. The second kappa shape index (κ2) is 12.4. The van der Waals surface area contributed by atoms with Gasteiger partial charge in [0.2, 0.25) is 21.8 Å². The number of rotatable bonds is 10. The molecule has 0 aliphatic carbocycles. The van der Waals surface area contributed by atoms with Crippen molar-refractivity contribution in [2.45, 2.75) is 37.1 Å². The van der Waals surface area contributed by atoms with Crippen molar-refractivity contribution >= 4 is 39.3 Å². The molecule has 0 radical (unpaired) electrons. The second-order valence-corrected chi connectivity index (χ2v) is 11.5. The van der Waals surface area contributed by atoms with Gasteiger partial charge >= 0.3 is 0 Å². The molecule has 35 heavy (non-hydrogen) atoms. The SMILES string of the molecule is COc1ccc(NC(=O)[C@H](CCSC)NC(=O)C2CCN(S(=O)(=O)c3ccc(C)cc3)CC2)cc1. The maximum absolute atomic E-state index is 13.0. The molecular weight excluding hydrogens is 486 g/mol. The van der Waals surface area contributed by atoms with Crippen LogP contribution in [0.15, 0.2) is 53.4 Å². The van der Waals surface area contributed by atoms with E-state index in [0.717, 1.165) is 5.56 Å². The minimum atomic E-state index is -3.59. The van der Waals surface area contributed by atoms with Crippen LogP contribution in [0, 0.1) is 12.8 Å². The number of nitrogens with one attached hydrogen (secondary N) is 2. The zero-order valence-corrected chi connectivity index (χ0v) is 22.0. The first kappa shape index (κ1) is 27.0. The van der Waals surface area contributed by atoms with E-state index < -0.39 is 16.1 Å². The third kappa shape index (κ3) is 7.22. The first-order chi connectivity index (χ1) is 16.7. The number of carbonyl (C=O) groups excluding carboxylic acids is 2. The van der Waals surface area contributed by atoms with Gasteiger partial charge in [-0.05, 0) is 74.6 Å². The highest BCUT2D eigenvalue weighted by Crippen LogP contribution is 2.24. The number of carbonyl (C=O) groups is 2. The molecule has 1 saturated heterocycles. The summed E-state index contributed by atoms with van der Waals surface area (Å²) in [7, 11) is -2.02. The van der Waals surface area contributed by atoms with E-state index in [1.165, 1.54) is 4.31 Å². The molecule has 0 bridgehead atoms.